The Kier molecular flexibility index (Phi) is 4.69. The largest absolute Gasteiger partial charge is 0.348 e. The van der Waals surface area contributed by atoms with E-state index in [1.165, 1.54) is 25.1 Å². The molecule has 1 aliphatic rings. The molecular weight excluding hydrogens is 299 g/mol. The highest BCUT2D eigenvalue weighted by molar-refractivity contribution is 9.09. The average molecular weight is 315 g/mol. The predicted molar refractivity (Wildman–Crippen MR) is 71.2 cm³/mol. The van der Waals surface area contributed by atoms with Gasteiger partial charge in [-0.25, -0.2) is 4.39 Å². The van der Waals surface area contributed by atoms with Crippen LogP contribution < -0.4 is 5.32 Å². The molecule has 1 aromatic heterocycles. The van der Waals surface area contributed by atoms with Crippen LogP contribution in [0.3, 0.4) is 0 Å². The second kappa shape index (κ2) is 6.27. The second-order valence-corrected chi connectivity index (χ2v) is 5.80. The maximum Gasteiger partial charge on any atom is 0.253 e. The molecule has 1 heterocycles. The minimum Gasteiger partial charge on any atom is -0.348 e. The average Bonchev–Trinajstić information content (AvgIpc) is 2.55. The lowest BCUT2D eigenvalue weighted by Gasteiger charge is -2.21. The van der Waals surface area contributed by atoms with Crippen LogP contribution >= 0.6 is 15.9 Å². The molecular formula is C13H16BrFN2O. The van der Waals surface area contributed by atoms with Crippen LogP contribution in [0.25, 0.3) is 0 Å². The third-order valence-electron chi connectivity index (χ3n) is 3.22. The standard InChI is InChI=1S/C13H16BrFN2O/c14-11-4-2-1-3-5-12(11)17-13(18)9-6-10(15)8-16-7-9/h6-8,11-12H,1-5H2,(H,17,18). The van der Waals surface area contributed by atoms with Gasteiger partial charge in [-0.1, -0.05) is 35.2 Å². The topological polar surface area (TPSA) is 42.0 Å². The summed E-state index contributed by atoms with van der Waals surface area (Å²) in [5, 5.41) is 2.96. The fourth-order valence-corrected chi connectivity index (χ4v) is 2.93. The summed E-state index contributed by atoms with van der Waals surface area (Å²) in [6.07, 6.45) is 8.01. The number of hydrogen-bond donors (Lipinski definition) is 1. The first-order valence-electron chi connectivity index (χ1n) is 6.22. The van der Waals surface area contributed by atoms with E-state index in [1.807, 2.05) is 0 Å². The molecule has 0 aliphatic heterocycles. The Balaban J connectivity index is 2.01. The van der Waals surface area contributed by atoms with Gasteiger partial charge in [0.15, 0.2) is 0 Å². The molecule has 0 aromatic carbocycles. The molecule has 5 heteroatoms. The van der Waals surface area contributed by atoms with Gasteiger partial charge in [-0.2, -0.15) is 0 Å². The first-order valence-corrected chi connectivity index (χ1v) is 7.14. The van der Waals surface area contributed by atoms with E-state index in [1.54, 1.807) is 0 Å². The van der Waals surface area contributed by atoms with Crippen molar-refractivity contribution in [3.8, 4) is 0 Å². The zero-order valence-corrected chi connectivity index (χ0v) is 11.6. The lowest BCUT2D eigenvalue weighted by atomic mass is 10.1. The maximum atomic E-state index is 13.0. The van der Waals surface area contributed by atoms with Crippen LogP contribution in [-0.2, 0) is 0 Å². The predicted octanol–water partition coefficient (Wildman–Crippen LogP) is 3.05. The van der Waals surface area contributed by atoms with Crippen molar-refractivity contribution in [2.45, 2.75) is 43.0 Å². The summed E-state index contributed by atoms with van der Waals surface area (Å²) in [7, 11) is 0. The molecule has 0 radical (unpaired) electrons. The molecule has 0 spiro atoms. The molecule has 2 rings (SSSR count). The number of alkyl halides is 1. The summed E-state index contributed by atoms with van der Waals surface area (Å²) in [6.45, 7) is 0. The van der Waals surface area contributed by atoms with Gasteiger partial charge in [-0.05, 0) is 18.9 Å². The number of carbonyl (C=O) groups is 1. The van der Waals surface area contributed by atoms with Gasteiger partial charge in [0.05, 0.1) is 11.8 Å². The molecule has 18 heavy (non-hydrogen) atoms. The number of nitrogens with one attached hydrogen (secondary N) is 1. The van der Waals surface area contributed by atoms with Crippen LogP contribution in [0.5, 0.6) is 0 Å². The molecule has 1 N–H and O–H groups in total. The van der Waals surface area contributed by atoms with Gasteiger partial charge in [-0.15, -0.1) is 0 Å². The molecule has 1 aromatic rings. The van der Waals surface area contributed by atoms with Crippen molar-refractivity contribution in [3.05, 3.63) is 29.8 Å². The van der Waals surface area contributed by atoms with E-state index < -0.39 is 5.82 Å². The van der Waals surface area contributed by atoms with E-state index in [0.29, 0.717) is 4.83 Å². The number of carbonyl (C=O) groups excluding carboxylic acids is 1. The lowest BCUT2D eigenvalue weighted by Crippen LogP contribution is -2.40. The number of aromatic nitrogens is 1. The fourth-order valence-electron chi connectivity index (χ4n) is 2.21. The number of halogens is 2. The summed E-state index contributed by atoms with van der Waals surface area (Å²) >= 11 is 3.62. The van der Waals surface area contributed by atoms with Crippen molar-refractivity contribution >= 4 is 21.8 Å². The van der Waals surface area contributed by atoms with Crippen LogP contribution in [0.2, 0.25) is 0 Å². The Bertz CT molecular complexity index is 427. The SMILES string of the molecule is O=C(NC1CCCCCC1Br)c1cncc(F)c1. The van der Waals surface area contributed by atoms with Gasteiger partial charge < -0.3 is 5.32 Å². The summed E-state index contributed by atoms with van der Waals surface area (Å²) in [5.74, 6) is -0.739. The van der Waals surface area contributed by atoms with E-state index in [-0.39, 0.29) is 17.5 Å². The van der Waals surface area contributed by atoms with Crippen molar-refractivity contribution < 1.29 is 9.18 Å². The zero-order chi connectivity index (χ0) is 13.0. The Hall–Kier alpha value is -0.970. The van der Waals surface area contributed by atoms with E-state index >= 15 is 0 Å². The van der Waals surface area contributed by atoms with Gasteiger partial charge in [0.25, 0.3) is 5.91 Å². The van der Waals surface area contributed by atoms with Gasteiger partial charge >= 0.3 is 0 Å². The van der Waals surface area contributed by atoms with Crippen LogP contribution in [0, 0.1) is 5.82 Å². The van der Waals surface area contributed by atoms with E-state index in [9.17, 15) is 9.18 Å². The van der Waals surface area contributed by atoms with Crippen molar-refractivity contribution in [2.24, 2.45) is 0 Å². The minimum absolute atomic E-state index is 0.114. The molecule has 2 unspecified atom stereocenters. The number of nitrogens with zero attached hydrogens (tertiary/aromatic N) is 1. The molecule has 2 atom stereocenters. The number of hydrogen-bond acceptors (Lipinski definition) is 2. The number of pyridine rings is 1. The van der Waals surface area contributed by atoms with Crippen molar-refractivity contribution in [1.29, 1.82) is 0 Å². The highest BCUT2D eigenvalue weighted by Gasteiger charge is 2.23. The van der Waals surface area contributed by atoms with E-state index in [2.05, 4.69) is 26.2 Å². The lowest BCUT2D eigenvalue weighted by molar-refractivity contribution is 0.0934. The highest BCUT2D eigenvalue weighted by atomic mass is 79.9. The fraction of sp³-hybridized carbons (Fsp3) is 0.538. The molecule has 1 saturated carbocycles. The minimum atomic E-state index is -0.487. The molecule has 3 nitrogen and oxygen atoms in total. The Morgan fingerprint density at radius 3 is 2.89 bits per heavy atom. The third kappa shape index (κ3) is 3.51. The summed E-state index contributed by atoms with van der Waals surface area (Å²) in [6, 6.07) is 1.32. The smallest absolute Gasteiger partial charge is 0.253 e. The molecule has 1 fully saturated rings. The molecule has 0 bridgehead atoms. The van der Waals surface area contributed by atoms with E-state index in [0.717, 1.165) is 25.5 Å². The monoisotopic (exact) mass is 314 g/mol. The first-order chi connectivity index (χ1) is 8.66. The van der Waals surface area contributed by atoms with Gasteiger partial charge in [0, 0.05) is 17.1 Å². The van der Waals surface area contributed by atoms with Crippen LogP contribution in [0.15, 0.2) is 18.5 Å². The molecule has 1 aliphatic carbocycles. The van der Waals surface area contributed by atoms with Crippen molar-refractivity contribution in [2.75, 3.05) is 0 Å². The quantitative estimate of drug-likeness (QED) is 0.673. The third-order valence-corrected chi connectivity index (χ3v) is 4.31. The molecule has 0 saturated heterocycles. The van der Waals surface area contributed by atoms with Crippen LogP contribution in [0.1, 0.15) is 42.5 Å². The van der Waals surface area contributed by atoms with Crippen LogP contribution in [0.4, 0.5) is 4.39 Å². The van der Waals surface area contributed by atoms with Crippen molar-refractivity contribution in [3.63, 3.8) is 0 Å². The Labute approximate surface area is 114 Å². The summed E-state index contributed by atoms with van der Waals surface area (Å²) in [4.78, 5) is 16.0. The summed E-state index contributed by atoms with van der Waals surface area (Å²) < 4.78 is 13.0. The zero-order valence-electron chi connectivity index (χ0n) is 10.0. The Morgan fingerprint density at radius 2 is 2.11 bits per heavy atom. The van der Waals surface area contributed by atoms with E-state index in [4.69, 9.17) is 0 Å². The first kappa shape index (κ1) is 13.5. The van der Waals surface area contributed by atoms with Gasteiger partial charge in [0.2, 0.25) is 0 Å². The van der Waals surface area contributed by atoms with Gasteiger partial charge in [-0.3, -0.25) is 9.78 Å². The number of rotatable bonds is 2. The summed E-state index contributed by atoms with van der Waals surface area (Å²) in [5.41, 5.74) is 0.277. The van der Waals surface area contributed by atoms with Crippen LogP contribution in [-0.4, -0.2) is 21.8 Å². The highest BCUT2D eigenvalue weighted by Crippen LogP contribution is 2.23. The maximum absolute atomic E-state index is 13.0. The second-order valence-electron chi connectivity index (χ2n) is 4.63. The normalized spacial score (nSPS) is 24.3. The molecule has 98 valence electrons. The van der Waals surface area contributed by atoms with Gasteiger partial charge in [0.1, 0.15) is 5.82 Å². The Morgan fingerprint density at radius 1 is 1.33 bits per heavy atom. The number of amides is 1. The molecule has 1 amide bonds. The van der Waals surface area contributed by atoms with Crippen molar-refractivity contribution in [1.82, 2.24) is 10.3 Å².